The Kier molecular flexibility index (Phi) is 4.15. The number of rotatable bonds is 4. The molecule has 0 unspecified atom stereocenters. The van der Waals surface area contributed by atoms with Gasteiger partial charge in [0.05, 0.1) is 0 Å². The van der Waals surface area contributed by atoms with Gasteiger partial charge in [-0.1, -0.05) is 46.3 Å². The lowest BCUT2D eigenvalue weighted by atomic mass is 10.1. The van der Waals surface area contributed by atoms with Crippen molar-refractivity contribution >= 4 is 22.2 Å². The fraction of sp³-hybridized carbons (Fsp3) is 0.133. The Bertz CT molecular complexity index is 547. The highest BCUT2D eigenvalue weighted by Gasteiger charge is 2.03. The van der Waals surface area contributed by atoms with Crippen molar-refractivity contribution in [2.45, 2.75) is 13.5 Å². The molecule has 0 heterocycles. The van der Waals surface area contributed by atoms with E-state index in [1.54, 1.807) is 12.1 Å². The summed E-state index contributed by atoms with van der Waals surface area (Å²) in [6.45, 7) is 2.51. The summed E-state index contributed by atoms with van der Waals surface area (Å²) in [6, 6.07) is 13.3. The lowest BCUT2D eigenvalue weighted by Gasteiger charge is -2.10. The van der Waals surface area contributed by atoms with Crippen molar-refractivity contribution in [2.24, 2.45) is 0 Å². The number of aldehydes is 1. The fourth-order valence-corrected chi connectivity index (χ4v) is 1.95. The van der Waals surface area contributed by atoms with E-state index < -0.39 is 0 Å². The molecule has 0 bridgehead atoms. The maximum absolute atomic E-state index is 10.5. The molecule has 0 amide bonds. The van der Waals surface area contributed by atoms with Crippen LogP contribution in [0.4, 0.5) is 0 Å². The molecular formula is C15H13BrO2. The molecule has 0 spiro atoms. The van der Waals surface area contributed by atoms with Gasteiger partial charge in [0.2, 0.25) is 0 Å². The van der Waals surface area contributed by atoms with E-state index in [1.165, 1.54) is 0 Å². The van der Waals surface area contributed by atoms with E-state index in [0.717, 1.165) is 27.6 Å². The van der Waals surface area contributed by atoms with Crippen molar-refractivity contribution in [3.63, 3.8) is 0 Å². The van der Waals surface area contributed by atoms with Gasteiger partial charge in [0.25, 0.3) is 0 Å². The molecule has 0 aliphatic carbocycles. The zero-order valence-electron chi connectivity index (χ0n) is 10.0. The SMILES string of the molecule is Cc1c(Br)cccc1OCc1ccc(C=O)cc1. The molecule has 18 heavy (non-hydrogen) atoms. The van der Waals surface area contributed by atoms with Crippen LogP contribution >= 0.6 is 15.9 Å². The minimum atomic E-state index is 0.496. The van der Waals surface area contributed by atoms with E-state index in [9.17, 15) is 4.79 Å². The van der Waals surface area contributed by atoms with Crippen molar-refractivity contribution in [3.8, 4) is 5.75 Å². The molecule has 0 aromatic heterocycles. The predicted molar refractivity (Wildman–Crippen MR) is 75.0 cm³/mol. The van der Waals surface area contributed by atoms with Crippen LogP contribution in [0.25, 0.3) is 0 Å². The van der Waals surface area contributed by atoms with Crippen molar-refractivity contribution in [2.75, 3.05) is 0 Å². The first-order valence-corrected chi connectivity index (χ1v) is 6.42. The predicted octanol–water partition coefficient (Wildman–Crippen LogP) is 4.15. The first-order chi connectivity index (χ1) is 8.70. The topological polar surface area (TPSA) is 26.3 Å². The number of carbonyl (C=O) groups is 1. The van der Waals surface area contributed by atoms with Crippen molar-refractivity contribution in [1.29, 1.82) is 0 Å². The van der Waals surface area contributed by atoms with Gasteiger partial charge in [-0.3, -0.25) is 4.79 Å². The summed E-state index contributed by atoms with van der Waals surface area (Å²) in [4.78, 5) is 10.5. The zero-order chi connectivity index (χ0) is 13.0. The van der Waals surface area contributed by atoms with Crippen LogP contribution in [-0.2, 0) is 6.61 Å². The van der Waals surface area contributed by atoms with E-state index >= 15 is 0 Å². The Morgan fingerprint density at radius 1 is 1.17 bits per heavy atom. The lowest BCUT2D eigenvalue weighted by Crippen LogP contribution is -1.97. The number of carbonyl (C=O) groups excluding carboxylic acids is 1. The normalized spacial score (nSPS) is 10.1. The third-order valence-corrected chi connectivity index (χ3v) is 3.59. The Hall–Kier alpha value is -1.61. The van der Waals surface area contributed by atoms with Crippen LogP contribution in [0.15, 0.2) is 46.9 Å². The highest BCUT2D eigenvalue weighted by atomic mass is 79.9. The Morgan fingerprint density at radius 2 is 1.89 bits per heavy atom. The molecule has 2 nitrogen and oxygen atoms in total. The second kappa shape index (κ2) is 5.83. The summed E-state index contributed by atoms with van der Waals surface area (Å²) in [5, 5.41) is 0. The molecule has 0 fully saturated rings. The number of hydrogen-bond donors (Lipinski definition) is 0. The van der Waals surface area contributed by atoms with Crippen LogP contribution in [0, 0.1) is 6.92 Å². The zero-order valence-corrected chi connectivity index (χ0v) is 11.6. The summed E-state index contributed by atoms with van der Waals surface area (Å²) in [6.07, 6.45) is 0.836. The van der Waals surface area contributed by atoms with E-state index in [4.69, 9.17) is 4.74 Å². The largest absolute Gasteiger partial charge is 0.489 e. The third-order valence-electron chi connectivity index (χ3n) is 2.73. The fourth-order valence-electron chi connectivity index (χ4n) is 1.60. The molecule has 0 atom stereocenters. The van der Waals surface area contributed by atoms with E-state index in [1.807, 2.05) is 37.3 Å². The van der Waals surface area contributed by atoms with E-state index in [-0.39, 0.29) is 0 Å². The van der Waals surface area contributed by atoms with Crippen LogP contribution < -0.4 is 4.74 Å². The minimum absolute atomic E-state index is 0.496. The van der Waals surface area contributed by atoms with E-state index in [0.29, 0.717) is 12.2 Å². The molecule has 0 aliphatic heterocycles. The molecule has 2 rings (SSSR count). The summed E-state index contributed by atoms with van der Waals surface area (Å²) >= 11 is 3.47. The van der Waals surface area contributed by atoms with Crippen molar-refractivity contribution < 1.29 is 9.53 Å². The first-order valence-electron chi connectivity index (χ1n) is 5.63. The molecule has 0 saturated carbocycles. The van der Waals surface area contributed by atoms with Crippen molar-refractivity contribution in [3.05, 3.63) is 63.6 Å². The molecule has 2 aromatic rings. The Labute approximate surface area is 115 Å². The van der Waals surface area contributed by atoms with Gasteiger partial charge < -0.3 is 4.74 Å². The first kappa shape index (κ1) is 12.8. The van der Waals surface area contributed by atoms with Gasteiger partial charge in [-0.2, -0.15) is 0 Å². The summed E-state index contributed by atoms with van der Waals surface area (Å²) in [5.74, 6) is 0.865. The molecule has 0 N–H and O–H groups in total. The van der Waals surface area contributed by atoms with Crippen LogP contribution in [-0.4, -0.2) is 6.29 Å². The molecule has 2 aromatic carbocycles. The second-order valence-corrected chi connectivity index (χ2v) is 4.87. The number of hydrogen-bond acceptors (Lipinski definition) is 2. The van der Waals surface area contributed by atoms with Crippen LogP contribution in [0.2, 0.25) is 0 Å². The van der Waals surface area contributed by atoms with Gasteiger partial charge in [0, 0.05) is 15.6 Å². The average Bonchev–Trinajstić information content (AvgIpc) is 2.41. The Morgan fingerprint density at radius 3 is 2.56 bits per heavy atom. The molecular weight excluding hydrogens is 292 g/mol. The highest BCUT2D eigenvalue weighted by molar-refractivity contribution is 9.10. The van der Waals surface area contributed by atoms with Crippen LogP contribution in [0.5, 0.6) is 5.75 Å². The molecule has 0 saturated heterocycles. The molecule has 0 aliphatic rings. The number of benzene rings is 2. The monoisotopic (exact) mass is 304 g/mol. The van der Waals surface area contributed by atoms with Crippen LogP contribution in [0.1, 0.15) is 21.5 Å². The molecule has 92 valence electrons. The average molecular weight is 305 g/mol. The van der Waals surface area contributed by atoms with Gasteiger partial charge >= 0.3 is 0 Å². The smallest absolute Gasteiger partial charge is 0.150 e. The maximum atomic E-state index is 10.5. The Balaban J connectivity index is 2.06. The van der Waals surface area contributed by atoms with Gasteiger partial charge in [0.1, 0.15) is 18.6 Å². The summed E-state index contributed by atoms with van der Waals surface area (Å²) in [5.41, 5.74) is 2.80. The maximum Gasteiger partial charge on any atom is 0.150 e. The third kappa shape index (κ3) is 2.99. The molecule has 0 radical (unpaired) electrons. The summed E-state index contributed by atoms with van der Waals surface area (Å²) in [7, 11) is 0. The summed E-state index contributed by atoms with van der Waals surface area (Å²) < 4.78 is 6.80. The van der Waals surface area contributed by atoms with Gasteiger partial charge in [-0.15, -0.1) is 0 Å². The van der Waals surface area contributed by atoms with Crippen LogP contribution in [0.3, 0.4) is 0 Å². The lowest BCUT2D eigenvalue weighted by molar-refractivity contribution is 0.112. The number of halogens is 1. The van der Waals surface area contributed by atoms with Crippen molar-refractivity contribution in [1.82, 2.24) is 0 Å². The quantitative estimate of drug-likeness (QED) is 0.793. The van der Waals surface area contributed by atoms with Gasteiger partial charge in [-0.25, -0.2) is 0 Å². The van der Waals surface area contributed by atoms with Gasteiger partial charge in [0.15, 0.2) is 0 Å². The minimum Gasteiger partial charge on any atom is -0.489 e. The van der Waals surface area contributed by atoms with E-state index in [2.05, 4.69) is 15.9 Å². The molecule has 3 heteroatoms. The second-order valence-electron chi connectivity index (χ2n) is 4.01. The van der Waals surface area contributed by atoms with Gasteiger partial charge in [-0.05, 0) is 24.6 Å². The standard InChI is InChI=1S/C15H13BrO2/c1-11-14(16)3-2-4-15(11)18-10-13-7-5-12(9-17)6-8-13/h2-9H,10H2,1H3. The highest BCUT2D eigenvalue weighted by Crippen LogP contribution is 2.26. The number of ether oxygens (including phenoxy) is 1.